The molecule has 0 aromatic heterocycles. The summed E-state index contributed by atoms with van der Waals surface area (Å²) in [5.41, 5.74) is 1.53. The van der Waals surface area contributed by atoms with Gasteiger partial charge in [0.2, 0.25) is 15.9 Å². The van der Waals surface area contributed by atoms with Gasteiger partial charge >= 0.3 is 0 Å². The van der Waals surface area contributed by atoms with Crippen LogP contribution in [0.1, 0.15) is 31.4 Å². The molecule has 1 amide bonds. The molecule has 1 atom stereocenters. The van der Waals surface area contributed by atoms with Crippen molar-refractivity contribution in [3.05, 3.63) is 29.3 Å². The molecule has 0 aliphatic carbocycles. The first kappa shape index (κ1) is 20.0. The molecule has 0 unspecified atom stereocenters. The Bertz CT molecular complexity index is 643. The Morgan fingerprint density at radius 1 is 1.26 bits per heavy atom. The van der Waals surface area contributed by atoms with Crippen LogP contribution in [0.4, 0.5) is 0 Å². The van der Waals surface area contributed by atoms with Gasteiger partial charge in [-0.3, -0.25) is 4.79 Å². The fourth-order valence-electron chi connectivity index (χ4n) is 2.11. The van der Waals surface area contributed by atoms with Crippen molar-refractivity contribution < 1.29 is 13.2 Å². The van der Waals surface area contributed by atoms with Crippen LogP contribution in [0.2, 0.25) is 0 Å². The zero-order chi connectivity index (χ0) is 17.6. The van der Waals surface area contributed by atoms with Crippen LogP contribution < -0.4 is 10.0 Å². The monoisotopic (exact) mass is 358 g/mol. The Labute approximate surface area is 143 Å². The molecule has 0 aliphatic heterocycles. The molecule has 7 heteroatoms. The van der Waals surface area contributed by atoms with E-state index >= 15 is 0 Å². The summed E-state index contributed by atoms with van der Waals surface area (Å²) in [5.74, 6) is 0.411. The first-order valence-electron chi connectivity index (χ1n) is 7.56. The van der Waals surface area contributed by atoms with Gasteiger partial charge in [0.15, 0.2) is 0 Å². The normalized spacial score (nSPS) is 13.1. The van der Waals surface area contributed by atoms with Crippen LogP contribution in [0.3, 0.4) is 0 Å². The average molecular weight is 359 g/mol. The largest absolute Gasteiger partial charge is 0.353 e. The number of aryl methyl sites for hydroxylation is 2. The molecule has 0 aliphatic rings. The van der Waals surface area contributed by atoms with Crippen LogP contribution in [0.25, 0.3) is 0 Å². The molecule has 130 valence electrons. The van der Waals surface area contributed by atoms with E-state index in [0.29, 0.717) is 17.7 Å². The second-order valence-corrected chi connectivity index (χ2v) is 8.56. The number of hydrogen-bond acceptors (Lipinski definition) is 4. The van der Waals surface area contributed by atoms with Gasteiger partial charge in [0.1, 0.15) is 6.04 Å². The van der Waals surface area contributed by atoms with Crippen molar-refractivity contribution >= 4 is 27.7 Å². The van der Waals surface area contributed by atoms with Crippen molar-refractivity contribution in [2.75, 3.05) is 12.0 Å². The number of hydrogen-bond donors (Lipinski definition) is 2. The summed E-state index contributed by atoms with van der Waals surface area (Å²) in [7, 11) is -3.74. The minimum Gasteiger partial charge on any atom is -0.353 e. The van der Waals surface area contributed by atoms with Crippen LogP contribution in [-0.4, -0.2) is 38.4 Å². The highest BCUT2D eigenvalue weighted by Gasteiger charge is 2.26. The summed E-state index contributed by atoms with van der Waals surface area (Å²) in [6, 6.07) is 4.46. The predicted molar refractivity (Wildman–Crippen MR) is 96.3 cm³/mol. The molecule has 0 bridgehead atoms. The number of benzene rings is 1. The first-order chi connectivity index (χ1) is 10.7. The highest BCUT2D eigenvalue weighted by molar-refractivity contribution is 7.98. The number of sulfonamides is 1. The third kappa shape index (κ3) is 6.16. The molecular weight excluding hydrogens is 332 g/mol. The summed E-state index contributed by atoms with van der Waals surface area (Å²) in [5, 5.41) is 2.78. The minimum atomic E-state index is -3.74. The molecular formula is C16H26N2O3S2. The summed E-state index contributed by atoms with van der Waals surface area (Å²) in [6.45, 7) is 7.29. The van der Waals surface area contributed by atoms with Gasteiger partial charge in [0.25, 0.3) is 0 Å². The Morgan fingerprint density at radius 3 is 2.48 bits per heavy atom. The lowest BCUT2D eigenvalue weighted by Crippen LogP contribution is -2.48. The Hall–Kier alpha value is -1.05. The third-order valence-corrected chi connectivity index (χ3v) is 5.55. The van der Waals surface area contributed by atoms with E-state index in [9.17, 15) is 13.2 Å². The van der Waals surface area contributed by atoms with Gasteiger partial charge in [-0.1, -0.05) is 12.1 Å². The van der Waals surface area contributed by atoms with Crippen molar-refractivity contribution in [2.24, 2.45) is 0 Å². The van der Waals surface area contributed by atoms with E-state index in [1.807, 2.05) is 33.1 Å². The predicted octanol–water partition coefficient (Wildman–Crippen LogP) is 2.23. The SMILES string of the molecule is CSCC[C@H](NS(=O)(=O)c1cc(C)ccc1C)C(=O)NC(C)C. The molecule has 1 aromatic carbocycles. The molecule has 0 saturated heterocycles. The molecule has 0 saturated carbocycles. The van der Waals surface area contributed by atoms with E-state index in [-0.39, 0.29) is 16.8 Å². The Balaban J connectivity index is 3.04. The van der Waals surface area contributed by atoms with Gasteiger partial charge < -0.3 is 5.32 Å². The van der Waals surface area contributed by atoms with Crippen LogP contribution in [0.5, 0.6) is 0 Å². The topological polar surface area (TPSA) is 75.3 Å². The highest BCUT2D eigenvalue weighted by atomic mass is 32.2. The second-order valence-electron chi connectivity index (χ2n) is 5.89. The standard InChI is InChI=1S/C16H26N2O3S2/c1-11(2)17-16(19)14(8-9-22-5)18-23(20,21)15-10-12(3)6-7-13(15)4/h6-7,10-11,14,18H,8-9H2,1-5H3,(H,17,19)/t14-/m0/s1. The highest BCUT2D eigenvalue weighted by Crippen LogP contribution is 2.17. The zero-order valence-corrected chi connectivity index (χ0v) is 16.0. The van der Waals surface area contributed by atoms with E-state index in [0.717, 1.165) is 5.56 Å². The molecule has 23 heavy (non-hydrogen) atoms. The van der Waals surface area contributed by atoms with Crippen LogP contribution in [-0.2, 0) is 14.8 Å². The summed E-state index contributed by atoms with van der Waals surface area (Å²) in [6.07, 6.45) is 2.38. The summed E-state index contributed by atoms with van der Waals surface area (Å²) < 4.78 is 27.9. The third-order valence-electron chi connectivity index (χ3n) is 3.29. The molecule has 0 heterocycles. The number of amides is 1. The number of carbonyl (C=O) groups is 1. The quantitative estimate of drug-likeness (QED) is 0.747. The molecule has 0 fully saturated rings. The number of thioether (sulfide) groups is 1. The van der Waals surface area contributed by atoms with E-state index < -0.39 is 16.1 Å². The lowest BCUT2D eigenvalue weighted by molar-refractivity contribution is -0.123. The number of rotatable bonds is 8. The van der Waals surface area contributed by atoms with E-state index in [2.05, 4.69) is 10.0 Å². The number of carbonyl (C=O) groups excluding carboxylic acids is 1. The van der Waals surface area contributed by atoms with Gasteiger partial charge in [0, 0.05) is 6.04 Å². The molecule has 0 radical (unpaired) electrons. The second kappa shape index (κ2) is 8.70. The zero-order valence-electron chi connectivity index (χ0n) is 14.3. The van der Waals surface area contributed by atoms with Crippen LogP contribution in [0, 0.1) is 13.8 Å². The number of nitrogens with one attached hydrogen (secondary N) is 2. The molecule has 1 aromatic rings. The van der Waals surface area contributed by atoms with E-state index in [1.165, 1.54) is 0 Å². The van der Waals surface area contributed by atoms with Crippen molar-refractivity contribution in [1.29, 1.82) is 0 Å². The summed E-state index contributed by atoms with van der Waals surface area (Å²) >= 11 is 1.58. The average Bonchev–Trinajstić information content (AvgIpc) is 2.45. The molecule has 5 nitrogen and oxygen atoms in total. The fourth-order valence-corrected chi connectivity index (χ4v) is 4.14. The Kier molecular flexibility index (Phi) is 7.57. The van der Waals surface area contributed by atoms with Gasteiger partial charge in [-0.15, -0.1) is 0 Å². The lowest BCUT2D eigenvalue weighted by atomic mass is 10.2. The van der Waals surface area contributed by atoms with E-state index in [1.54, 1.807) is 30.8 Å². The van der Waals surface area contributed by atoms with Crippen molar-refractivity contribution in [1.82, 2.24) is 10.0 Å². The fraction of sp³-hybridized carbons (Fsp3) is 0.562. The van der Waals surface area contributed by atoms with Crippen LogP contribution >= 0.6 is 11.8 Å². The van der Waals surface area contributed by atoms with Gasteiger partial charge in [-0.25, -0.2) is 8.42 Å². The maximum absolute atomic E-state index is 12.7. The van der Waals surface area contributed by atoms with Gasteiger partial charge in [-0.2, -0.15) is 16.5 Å². The van der Waals surface area contributed by atoms with Crippen molar-refractivity contribution in [2.45, 2.75) is 51.1 Å². The van der Waals surface area contributed by atoms with Crippen molar-refractivity contribution in [3.8, 4) is 0 Å². The van der Waals surface area contributed by atoms with Gasteiger partial charge in [-0.05, 0) is 63.3 Å². The van der Waals surface area contributed by atoms with Gasteiger partial charge in [0.05, 0.1) is 4.90 Å². The Morgan fingerprint density at radius 2 is 1.91 bits per heavy atom. The van der Waals surface area contributed by atoms with Crippen molar-refractivity contribution in [3.63, 3.8) is 0 Å². The molecule has 2 N–H and O–H groups in total. The first-order valence-corrected chi connectivity index (χ1v) is 10.4. The van der Waals surface area contributed by atoms with E-state index in [4.69, 9.17) is 0 Å². The summed E-state index contributed by atoms with van der Waals surface area (Å²) in [4.78, 5) is 12.5. The molecule has 1 rings (SSSR count). The minimum absolute atomic E-state index is 0.0375. The molecule has 0 spiro atoms. The maximum Gasteiger partial charge on any atom is 0.241 e. The lowest BCUT2D eigenvalue weighted by Gasteiger charge is -2.20. The van der Waals surface area contributed by atoms with Crippen LogP contribution in [0.15, 0.2) is 23.1 Å². The maximum atomic E-state index is 12.7. The smallest absolute Gasteiger partial charge is 0.241 e.